The van der Waals surface area contributed by atoms with E-state index in [9.17, 15) is 9.59 Å². The summed E-state index contributed by atoms with van der Waals surface area (Å²) in [7, 11) is 0. The number of carbonyl (C=O) groups excluding carboxylic acids is 2. The van der Waals surface area contributed by atoms with Crippen LogP contribution in [-0.4, -0.2) is 36.5 Å². The SMILES string of the molecule is CC1(C(=O)NC2(C(=O)NCc3ccc(Oc4ccccc4Cl)cc3Cl)CC2)C=NC=NC1. The lowest BCUT2D eigenvalue weighted by molar-refractivity contribution is -0.133. The van der Waals surface area contributed by atoms with E-state index in [1.54, 1.807) is 43.5 Å². The van der Waals surface area contributed by atoms with E-state index >= 15 is 0 Å². The van der Waals surface area contributed by atoms with Gasteiger partial charge in [0.1, 0.15) is 28.8 Å². The van der Waals surface area contributed by atoms with E-state index in [2.05, 4.69) is 20.6 Å². The van der Waals surface area contributed by atoms with Gasteiger partial charge in [-0.15, -0.1) is 0 Å². The van der Waals surface area contributed by atoms with Crippen LogP contribution in [0.25, 0.3) is 0 Å². The Kier molecular flexibility index (Phi) is 6.22. The predicted octanol–water partition coefficient (Wildman–Crippen LogP) is 4.17. The van der Waals surface area contributed by atoms with Gasteiger partial charge >= 0.3 is 0 Å². The van der Waals surface area contributed by atoms with Crippen molar-refractivity contribution in [3.63, 3.8) is 0 Å². The number of amides is 2. The molecule has 2 aromatic rings. The third-order valence-electron chi connectivity index (χ3n) is 5.51. The molecule has 1 atom stereocenters. The van der Waals surface area contributed by atoms with Crippen molar-refractivity contribution in [1.82, 2.24) is 10.6 Å². The molecule has 4 rings (SSSR count). The first-order chi connectivity index (χ1) is 15.3. The van der Waals surface area contributed by atoms with Crippen LogP contribution in [0.15, 0.2) is 52.4 Å². The Balaban J connectivity index is 1.35. The minimum Gasteiger partial charge on any atom is -0.456 e. The topological polar surface area (TPSA) is 92.2 Å². The molecule has 2 aliphatic rings. The van der Waals surface area contributed by atoms with Gasteiger partial charge in [0, 0.05) is 17.8 Å². The molecule has 2 amide bonds. The number of aliphatic imine (C=N–C) groups is 2. The molecule has 1 aliphatic carbocycles. The van der Waals surface area contributed by atoms with Gasteiger partial charge in [-0.25, -0.2) is 4.99 Å². The van der Waals surface area contributed by atoms with Gasteiger partial charge in [0.25, 0.3) is 0 Å². The molecule has 32 heavy (non-hydrogen) atoms. The van der Waals surface area contributed by atoms with Crippen LogP contribution in [0.5, 0.6) is 11.5 Å². The number of benzene rings is 2. The first-order valence-corrected chi connectivity index (χ1v) is 10.9. The first kappa shape index (κ1) is 22.3. The highest BCUT2D eigenvalue weighted by Crippen LogP contribution is 2.37. The van der Waals surface area contributed by atoms with Gasteiger partial charge in [0.2, 0.25) is 11.8 Å². The van der Waals surface area contributed by atoms with Crippen LogP contribution in [-0.2, 0) is 16.1 Å². The number of para-hydroxylation sites is 1. The fraction of sp³-hybridized carbons (Fsp3) is 0.304. The van der Waals surface area contributed by atoms with Crippen molar-refractivity contribution in [2.24, 2.45) is 15.4 Å². The molecule has 1 saturated carbocycles. The fourth-order valence-corrected chi connectivity index (χ4v) is 3.69. The van der Waals surface area contributed by atoms with Crippen LogP contribution in [0, 0.1) is 5.41 Å². The highest BCUT2D eigenvalue weighted by molar-refractivity contribution is 6.32. The smallest absolute Gasteiger partial charge is 0.246 e. The fourth-order valence-electron chi connectivity index (χ4n) is 3.27. The Morgan fingerprint density at radius 1 is 1.09 bits per heavy atom. The van der Waals surface area contributed by atoms with Gasteiger partial charge in [0.05, 0.1) is 11.6 Å². The molecule has 9 heteroatoms. The zero-order chi connectivity index (χ0) is 22.8. The number of rotatable bonds is 7. The lowest BCUT2D eigenvalue weighted by atomic mass is 9.90. The van der Waals surface area contributed by atoms with Crippen LogP contribution in [0.3, 0.4) is 0 Å². The highest BCUT2D eigenvalue weighted by atomic mass is 35.5. The van der Waals surface area contributed by atoms with Crippen molar-refractivity contribution in [3.8, 4) is 11.5 Å². The maximum absolute atomic E-state index is 12.8. The second kappa shape index (κ2) is 8.92. The normalized spacial score (nSPS) is 20.5. The van der Waals surface area contributed by atoms with E-state index in [0.717, 1.165) is 5.56 Å². The van der Waals surface area contributed by atoms with Crippen LogP contribution in [0.2, 0.25) is 10.0 Å². The number of ether oxygens (including phenoxy) is 1. The van der Waals surface area contributed by atoms with E-state index in [1.165, 1.54) is 6.34 Å². The maximum Gasteiger partial charge on any atom is 0.246 e. The summed E-state index contributed by atoms with van der Waals surface area (Å²) in [5.41, 5.74) is -1.02. The average molecular weight is 473 g/mol. The Hall–Kier alpha value is -2.90. The Morgan fingerprint density at radius 3 is 2.53 bits per heavy atom. The second-order valence-electron chi connectivity index (χ2n) is 8.16. The Bertz CT molecular complexity index is 1110. The van der Waals surface area contributed by atoms with Crippen molar-refractivity contribution in [2.75, 3.05) is 6.54 Å². The zero-order valence-electron chi connectivity index (χ0n) is 17.4. The average Bonchev–Trinajstić information content (AvgIpc) is 3.56. The lowest BCUT2D eigenvalue weighted by Crippen LogP contribution is -2.54. The van der Waals surface area contributed by atoms with Crippen LogP contribution >= 0.6 is 23.2 Å². The summed E-state index contributed by atoms with van der Waals surface area (Å²) in [5.74, 6) is 0.567. The largest absolute Gasteiger partial charge is 0.456 e. The van der Waals surface area contributed by atoms with Crippen molar-refractivity contribution >= 4 is 47.6 Å². The van der Waals surface area contributed by atoms with E-state index in [1.807, 2.05) is 12.1 Å². The molecular formula is C23H22Cl2N4O3. The van der Waals surface area contributed by atoms with E-state index in [-0.39, 0.29) is 18.4 Å². The molecule has 1 fully saturated rings. The summed E-state index contributed by atoms with van der Waals surface area (Å²) >= 11 is 12.5. The summed E-state index contributed by atoms with van der Waals surface area (Å²) in [6.07, 6.45) is 4.15. The van der Waals surface area contributed by atoms with Crippen molar-refractivity contribution in [2.45, 2.75) is 31.8 Å². The Labute approximate surface area is 195 Å². The predicted molar refractivity (Wildman–Crippen MR) is 125 cm³/mol. The van der Waals surface area contributed by atoms with E-state index in [0.29, 0.717) is 40.9 Å². The van der Waals surface area contributed by atoms with E-state index in [4.69, 9.17) is 27.9 Å². The third kappa shape index (κ3) is 4.79. The number of hydrogen-bond acceptors (Lipinski definition) is 5. The summed E-state index contributed by atoms with van der Waals surface area (Å²) in [6, 6.07) is 12.4. The van der Waals surface area contributed by atoms with Crippen molar-refractivity contribution in [3.05, 3.63) is 58.1 Å². The third-order valence-corrected chi connectivity index (χ3v) is 6.18. The molecule has 1 aliphatic heterocycles. The molecule has 1 heterocycles. The molecular weight excluding hydrogens is 451 g/mol. The summed E-state index contributed by atoms with van der Waals surface area (Å²) in [5, 5.41) is 6.72. The first-order valence-electron chi connectivity index (χ1n) is 10.2. The minimum atomic E-state index is -0.894. The quantitative estimate of drug-likeness (QED) is 0.633. The van der Waals surface area contributed by atoms with Gasteiger partial charge in [-0.3, -0.25) is 14.6 Å². The zero-order valence-corrected chi connectivity index (χ0v) is 18.9. The molecule has 1 unspecified atom stereocenters. The van der Waals surface area contributed by atoms with Crippen LogP contribution in [0.1, 0.15) is 25.3 Å². The van der Waals surface area contributed by atoms with Gasteiger partial charge in [-0.2, -0.15) is 0 Å². The van der Waals surface area contributed by atoms with Gasteiger partial charge in [0.15, 0.2) is 0 Å². The van der Waals surface area contributed by atoms with Gasteiger partial charge < -0.3 is 15.4 Å². The molecule has 0 saturated heterocycles. The van der Waals surface area contributed by atoms with Gasteiger partial charge in [-0.1, -0.05) is 41.4 Å². The molecule has 2 aromatic carbocycles. The number of halogens is 2. The van der Waals surface area contributed by atoms with Crippen molar-refractivity contribution < 1.29 is 14.3 Å². The molecule has 0 aromatic heterocycles. The van der Waals surface area contributed by atoms with Crippen LogP contribution < -0.4 is 15.4 Å². The van der Waals surface area contributed by atoms with Crippen molar-refractivity contribution in [1.29, 1.82) is 0 Å². The maximum atomic E-state index is 12.8. The summed E-state index contributed by atoms with van der Waals surface area (Å²) < 4.78 is 5.77. The van der Waals surface area contributed by atoms with Crippen LogP contribution in [0.4, 0.5) is 0 Å². The molecule has 7 nitrogen and oxygen atoms in total. The number of carbonyl (C=O) groups is 2. The summed E-state index contributed by atoms with van der Waals surface area (Å²) in [4.78, 5) is 33.5. The molecule has 0 radical (unpaired) electrons. The standard InChI is InChI=1S/C23H22Cl2N4O3/c1-22(12-26-14-27-13-22)20(30)29-23(8-9-23)21(31)28-11-15-6-7-16(10-18(15)25)32-19-5-3-2-4-17(19)24/h2-7,10,12,14H,8-9,11,13H2,1H3,(H,28,31)(H,29,30). The molecule has 166 valence electrons. The molecule has 0 spiro atoms. The Morgan fingerprint density at radius 2 is 1.88 bits per heavy atom. The second-order valence-corrected chi connectivity index (χ2v) is 8.97. The number of nitrogens with zero attached hydrogens (tertiary/aromatic N) is 2. The minimum absolute atomic E-state index is 0.227. The molecule has 0 bridgehead atoms. The monoisotopic (exact) mass is 472 g/mol. The molecule has 2 N–H and O–H groups in total. The highest BCUT2D eigenvalue weighted by Gasteiger charge is 2.53. The number of nitrogens with one attached hydrogen (secondary N) is 2. The lowest BCUT2D eigenvalue weighted by Gasteiger charge is -2.27. The summed E-state index contributed by atoms with van der Waals surface area (Å²) in [6.45, 7) is 2.28. The van der Waals surface area contributed by atoms with Gasteiger partial charge in [-0.05, 0) is 49.6 Å². The van der Waals surface area contributed by atoms with E-state index < -0.39 is 11.0 Å². The number of hydrogen-bond donors (Lipinski definition) is 2.